The van der Waals surface area contributed by atoms with Gasteiger partial charge in [0.15, 0.2) is 5.82 Å². The van der Waals surface area contributed by atoms with E-state index in [0.29, 0.717) is 42.6 Å². The molecule has 3 aromatic rings. The van der Waals surface area contributed by atoms with Crippen molar-refractivity contribution >= 4 is 11.0 Å². The third-order valence-electron chi connectivity index (χ3n) is 4.10. The lowest BCUT2D eigenvalue weighted by atomic mass is 10.2. The van der Waals surface area contributed by atoms with Gasteiger partial charge in [-0.3, -0.25) is 4.90 Å². The Morgan fingerprint density at radius 1 is 1.39 bits per heavy atom. The van der Waals surface area contributed by atoms with E-state index in [1.807, 2.05) is 11.0 Å². The van der Waals surface area contributed by atoms with Crippen molar-refractivity contribution in [1.29, 1.82) is 0 Å². The van der Waals surface area contributed by atoms with Crippen LogP contribution in [0.15, 0.2) is 33.2 Å². The first-order valence-corrected chi connectivity index (χ1v) is 7.49. The number of nitrogens with zero attached hydrogens (tertiary/aromatic N) is 3. The van der Waals surface area contributed by atoms with Crippen molar-refractivity contribution in [1.82, 2.24) is 15.0 Å². The number of aryl methyl sites for hydroxylation is 1. The van der Waals surface area contributed by atoms with Gasteiger partial charge in [0.2, 0.25) is 5.89 Å². The Labute approximate surface area is 131 Å². The zero-order valence-corrected chi connectivity index (χ0v) is 12.6. The molecule has 2 atom stereocenters. The van der Waals surface area contributed by atoms with Crippen LogP contribution in [0.2, 0.25) is 0 Å². The molecule has 1 aliphatic rings. The molecule has 3 heterocycles. The monoisotopic (exact) mass is 317 g/mol. The normalized spacial score (nSPS) is 22.2. The molecule has 0 unspecified atom stereocenters. The predicted molar refractivity (Wildman–Crippen MR) is 79.0 cm³/mol. The van der Waals surface area contributed by atoms with Crippen LogP contribution in [0.5, 0.6) is 0 Å². The molecular formula is C16H16FN3O3. The number of aliphatic hydroxyl groups is 1. The summed E-state index contributed by atoms with van der Waals surface area (Å²) in [5.74, 6) is 1.49. The lowest BCUT2D eigenvalue weighted by molar-refractivity contribution is 0.164. The number of β-amino-alcohol motifs (C(OH)–C–C–N with tert-alkyl or cyclic N) is 1. The highest BCUT2D eigenvalue weighted by Crippen LogP contribution is 2.33. The first-order valence-electron chi connectivity index (χ1n) is 7.49. The summed E-state index contributed by atoms with van der Waals surface area (Å²) < 4.78 is 24.3. The van der Waals surface area contributed by atoms with Gasteiger partial charge in [-0.2, -0.15) is 4.98 Å². The van der Waals surface area contributed by atoms with Gasteiger partial charge in [-0.05, 0) is 37.6 Å². The van der Waals surface area contributed by atoms with Crippen LogP contribution >= 0.6 is 0 Å². The van der Waals surface area contributed by atoms with Gasteiger partial charge in [0.1, 0.15) is 17.2 Å². The fourth-order valence-corrected chi connectivity index (χ4v) is 3.11. The summed E-state index contributed by atoms with van der Waals surface area (Å²) in [6.45, 7) is 2.74. The Morgan fingerprint density at radius 3 is 3.04 bits per heavy atom. The molecule has 0 radical (unpaired) electrons. The van der Waals surface area contributed by atoms with Crippen LogP contribution in [-0.2, 0) is 6.54 Å². The predicted octanol–water partition coefficient (Wildman–Crippen LogP) is 2.57. The van der Waals surface area contributed by atoms with Crippen LogP contribution in [0.3, 0.4) is 0 Å². The third kappa shape index (κ3) is 2.73. The van der Waals surface area contributed by atoms with E-state index in [4.69, 9.17) is 8.94 Å². The average molecular weight is 317 g/mol. The SMILES string of the molecule is Cc1noc([C@H]2C[C@H](O)CN2Cc2cc3cc(F)ccc3o2)n1. The van der Waals surface area contributed by atoms with Crippen LogP contribution in [-0.4, -0.2) is 32.8 Å². The minimum Gasteiger partial charge on any atom is -0.460 e. The van der Waals surface area contributed by atoms with Crippen LogP contribution in [0, 0.1) is 12.7 Å². The van der Waals surface area contributed by atoms with Crippen molar-refractivity contribution < 1.29 is 18.4 Å². The summed E-state index contributed by atoms with van der Waals surface area (Å²) in [6, 6.07) is 6.11. The lowest BCUT2D eigenvalue weighted by Crippen LogP contribution is -2.24. The number of likely N-dealkylation sites (tertiary alicyclic amines) is 1. The van der Waals surface area contributed by atoms with Crippen molar-refractivity contribution in [2.24, 2.45) is 0 Å². The molecule has 6 nitrogen and oxygen atoms in total. The van der Waals surface area contributed by atoms with E-state index in [2.05, 4.69) is 10.1 Å². The third-order valence-corrected chi connectivity index (χ3v) is 4.10. The molecule has 2 aromatic heterocycles. The summed E-state index contributed by atoms with van der Waals surface area (Å²) in [5.41, 5.74) is 0.645. The molecule has 0 saturated carbocycles. The molecule has 1 aliphatic heterocycles. The molecule has 23 heavy (non-hydrogen) atoms. The zero-order valence-electron chi connectivity index (χ0n) is 12.6. The van der Waals surface area contributed by atoms with Crippen molar-refractivity contribution in [3.8, 4) is 0 Å². The van der Waals surface area contributed by atoms with Crippen molar-refractivity contribution in [2.75, 3.05) is 6.54 Å². The minimum atomic E-state index is -0.450. The highest BCUT2D eigenvalue weighted by Gasteiger charge is 2.36. The van der Waals surface area contributed by atoms with Crippen molar-refractivity contribution in [2.45, 2.75) is 32.0 Å². The summed E-state index contributed by atoms with van der Waals surface area (Å²) in [7, 11) is 0. The fraction of sp³-hybridized carbons (Fsp3) is 0.375. The maximum Gasteiger partial charge on any atom is 0.244 e. The van der Waals surface area contributed by atoms with E-state index >= 15 is 0 Å². The molecule has 120 valence electrons. The van der Waals surface area contributed by atoms with Crippen molar-refractivity contribution in [3.63, 3.8) is 0 Å². The quantitative estimate of drug-likeness (QED) is 0.800. The Balaban J connectivity index is 1.60. The van der Waals surface area contributed by atoms with Gasteiger partial charge in [-0.25, -0.2) is 4.39 Å². The van der Waals surface area contributed by atoms with Crippen molar-refractivity contribution in [3.05, 3.63) is 47.6 Å². The highest BCUT2D eigenvalue weighted by atomic mass is 19.1. The van der Waals surface area contributed by atoms with Gasteiger partial charge in [0.05, 0.1) is 18.7 Å². The second-order valence-corrected chi connectivity index (χ2v) is 5.91. The molecule has 1 fully saturated rings. The number of benzene rings is 1. The number of hydrogen-bond donors (Lipinski definition) is 1. The van der Waals surface area contributed by atoms with Gasteiger partial charge >= 0.3 is 0 Å². The van der Waals surface area contributed by atoms with Crippen LogP contribution < -0.4 is 0 Å². The second kappa shape index (κ2) is 5.43. The van der Waals surface area contributed by atoms with Gasteiger partial charge in [-0.1, -0.05) is 5.16 Å². The Morgan fingerprint density at radius 2 is 2.26 bits per heavy atom. The first-order chi connectivity index (χ1) is 11.1. The molecule has 0 spiro atoms. The Hall–Kier alpha value is -2.25. The van der Waals surface area contributed by atoms with E-state index in [0.717, 1.165) is 5.39 Å². The average Bonchev–Trinajstić information content (AvgIpc) is 3.17. The molecule has 0 bridgehead atoms. The first kappa shape index (κ1) is 14.3. The van der Waals surface area contributed by atoms with E-state index in [1.54, 1.807) is 13.0 Å². The molecule has 7 heteroatoms. The number of halogens is 1. The van der Waals surface area contributed by atoms with E-state index in [1.165, 1.54) is 12.1 Å². The summed E-state index contributed by atoms with van der Waals surface area (Å²) >= 11 is 0. The smallest absolute Gasteiger partial charge is 0.244 e. The zero-order chi connectivity index (χ0) is 16.0. The summed E-state index contributed by atoms with van der Waals surface area (Å²) in [6.07, 6.45) is 0.0882. The fourth-order valence-electron chi connectivity index (χ4n) is 3.11. The molecule has 0 aliphatic carbocycles. The largest absolute Gasteiger partial charge is 0.460 e. The van der Waals surface area contributed by atoms with Gasteiger partial charge in [0.25, 0.3) is 0 Å². The Bertz CT molecular complexity index is 844. The van der Waals surface area contributed by atoms with E-state index < -0.39 is 6.10 Å². The topological polar surface area (TPSA) is 75.5 Å². The molecule has 1 saturated heterocycles. The molecule has 1 aromatic carbocycles. The second-order valence-electron chi connectivity index (χ2n) is 5.91. The lowest BCUT2D eigenvalue weighted by Gasteiger charge is -2.19. The van der Waals surface area contributed by atoms with Crippen LogP contribution in [0.25, 0.3) is 11.0 Å². The summed E-state index contributed by atoms with van der Waals surface area (Å²) in [5, 5.41) is 14.5. The maximum atomic E-state index is 13.3. The van der Waals surface area contributed by atoms with Gasteiger partial charge in [0, 0.05) is 11.9 Å². The number of aromatic nitrogens is 2. The highest BCUT2D eigenvalue weighted by molar-refractivity contribution is 5.77. The molecule has 4 rings (SSSR count). The van der Waals surface area contributed by atoms with E-state index in [-0.39, 0.29) is 11.9 Å². The van der Waals surface area contributed by atoms with Gasteiger partial charge < -0.3 is 14.0 Å². The van der Waals surface area contributed by atoms with Crippen LogP contribution in [0.1, 0.15) is 29.9 Å². The number of aliphatic hydroxyl groups excluding tert-OH is 1. The standard InChI is InChI=1S/C16H16FN3O3/c1-9-18-16(23-19-9)14-6-12(21)7-20(14)8-13-5-10-4-11(17)2-3-15(10)22-13/h2-5,12,14,21H,6-8H2,1H3/t12-,14+/m0/s1. The molecule has 1 N–H and O–H groups in total. The number of fused-ring (bicyclic) bond motifs is 1. The number of rotatable bonds is 3. The maximum absolute atomic E-state index is 13.3. The number of hydrogen-bond acceptors (Lipinski definition) is 6. The Kier molecular flexibility index (Phi) is 3.39. The van der Waals surface area contributed by atoms with Gasteiger partial charge in [-0.15, -0.1) is 0 Å². The summed E-state index contributed by atoms with van der Waals surface area (Å²) in [4.78, 5) is 6.30. The molecular weight excluding hydrogens is 301 g/mol. The molecule has 0 amide bonds. The minimum absolute atomic E-state index is 0.142. The number of furan rings is 1. The van der Waals surface area contributed by atoms with E-state index in [9.17, 15) is 9.50 Å². The van der Waals surface area contributed by atoms with Crippen LogP contribution in [0.4, 0.5) is 4.39 Å².